The second-order valence-electron chi connectivity index (χ2n) is 5.33. The lowest BCUT2D eigenvalue weighted by Crippen LogP contribution is -2.31. The summed E-state index contributed by atoms with van der Waals surface area (Å²) >= 11 is 0. The maximum absolute atomic E-state index is 4.58. The fourth-order valence-corrected chi connectivity index (χ4v) is 2.77. The van der Waals surface area contributed by atoms with E-state index in [-0.39, 0.29) is 0 Å². The van der Waals surface area contributed by atoms with Gasteiger partial charge in [-0.3, -0.25) is 15.1 Å². The molecule has 0 amide bonds. The Bertz CT molecular complexity index is 562. The number of hydrogen-bond donors (Lipinski definition) is 1. The van der Waals surface area contributed by atoms with Gasteiger partial charge < -0.3 is 4.90 Å². The largest absolute Gasteiger partial charge is 0.306 e. The Kier molecular flexibility index (Phi) is 3.29. The minimum atomic E-state index is 0.458. The number of nitrogens with zero attached hydrogens (tertiary/aromatic N) is 4. The normalized spacial score (nSPS) is 20.6. The van der Waals surface area contributed by atoms with Crippen LogP contribution < -0.4 is 0 Å². The Morgan fingerprint density at radius 1 is 1.32 bits per heavy atom. The monoisotopic (exact) mass is 257 g/mol. The van der Waals surface area contributed by atoms with E-state index in [0.29, 0.717) is 5.92 Å². The highest BCUT2D eigenvalue weighted by atomic mass is 15.1. The predicted molar refractivity (Wildman–Crippen MR) is 73.8 cm³/mol. The highest BCUT2D eigenvalue weighted by Gasteiger charge is 2.24. The van der Waals surface area contributed by atoms with Gasteiger partial charge in [0.25, 0.3) is 0 Å². The molecular weight excluding hydrogens is 238 g/mol. The number of nitrogens with one attached hydrogen (secondary N) is 1. The van der Waals surface area contributed by atoms with Crippen LogP contribution in [0, 0.1) is 6.92 Å². The highest BCUT2D eigenvalue weighted by Crippen LogP contribution is 2.30. The molecule has 19 heavy (non-hydrogen) atoms. The molecule has 0 aliphatic carbocycles. The van der Waals surface area contributed by atoms with Gasteiger partial charge >= 0.3 is 0 Å². The summed E-state index contributed by atoms with van der Waals surface area (Å²) in [7, 11) is 2.17. The smallest absolute Gasteiger partial charge is 0.113 e. The molecule has 0 aromatic carbocycles. The van der Waals surface area contributed by atoms with Crippen LogP contribution in [0.3, 0.4) is 0 Å². The van der Waals surface area contributed by atoms with Gasteiger partial charge in [-0.1, -0.05) is 0 Å². The maximum atomic E-state index is 4.58. The first-order chi connectivity index (χ1) is 9.24. The van der Waals surface area contributed by atoms with Crippen LogP contribution in [0.5, 0.6) is 0 Å². The topological polar surface area (TPSA) is 57.7 Å². The summed E-state index contributed by atoms with van der Waals surface area (Å²) in [6, 6.07) is 2.03. The van der Waals surface area contributed by atoms with Gasteiger partial charge in [0.15, 0.2) is 0 Å². The van der Waals surface area contributed by atoms with E-state index in [1.165, 1.54) is 19.4 Å². The Morgan fingerprint density at radius 2 is 2.16 bits per heavy atom. The van der Waals surface area contributed by atoms with Crippen LogP contribution in [-0.4, -0.2) is 45.2 Å². The van der Waals surface area contributed by atoms with Crippen molar-refractivity contribution in [2.24, 2.45) is 0 Å². The number of rotatable bonds is 2. The summed E-state index contributed by atoms with van der Waals surface area (Å²) in [5.74, 6) is 0.458. The van der Waals surface area contributed by atoms with E-state index in [1.54, 1.807) is 12.4 Å². The lowest BCUT2D eigenvalue weighted by atomic mass is 9.93. The van der Waals surface area contributed by atoms with Crippen molar-refractivity contribution >= 4 is 0 Å². The predicted octanol–water partition coefficient (Wildman–Crippen LogP) is 1.98. The summed E-state index contributed by atoms with van der Waals surface area (Å²) < 4.78 is 0. The van der Waals surface area contributed by atoms with Crippen molar-refractivity contribution in [1.29, 1.82) is 0 Å². The number of piperidine rings is 1. The van der Waals surface area contributed by atoms with Gasteiger partial charge in [-0.05, 0) is 39.4 Å². The molecule has 0 saturated carbocycles. The zero-order valence-corrected chi connectivity index (χ0v) is 11.4. The molecule has 0 unspecified atom stereocenters. The molecule has 1 atom stereocenters. The molecule has 100 valence electrons. The van der Waals surface area contributed by atoms with Crippen molar-refractivity contribution in [2.45, 2.75) is 25.7 Å². The third-order valence-corrected chi connectivity index (χ3v) is 3.69. The first kappa shape index (κ1) is 12.3. The molecule has 5 nitrogen and oxygen atoms in total. The molecule has 5 heteroatoms. The summed E-state index contributed by atoms with van der Waals surface area (Å²) in [5.41, 5.74) is 3.95. The average molecular weight is 257 g/mol. The fourth-order valence-electron chi connectivity index (χ4n) is 2.77. The summed E-state index contributed by atoms with van der Waals surface area (Å²) in [6.45, 7) is 4.23. The number of aromatic nitrogens is 4. The van der Waals surface area contributed by atoms with E-state index in [2.05, 4.69) is 32.1 Å². The quantitative estimate of drug-likeness (QED) is 0.893. The van der Waals surface area contributed by atoms with Gasteiger partial charge in [0, 0.05) is 30.6 Å². The number of aryl methyl sites for hydroxylation is 1. The Balaban J connectivity index is 1.97. The standard InChI is InChI=1S/C14H19N5/c1-10-8-12(18-17-10)14-13(15-5-6-16-14)11-4-3-7-19(2)9-11/h5-6,8,11H,3-4,7,9H2,1-2H3,(H,17,18)/t11-/m0/s1. The minimum Gasteiger partial charge on any atom is -0.306 e. The van der Waals surface area contributed by atoms with Crippen molar-refractivity contribution in [1.82, 2.24) is 25.1 Å². The third kappa shape index (κ3) is 2.51. The van der Waals surface area contributed by atoms with Gasteiger partial charge in [0.05, 0.1) is 5.69 Å². The maximum Gasteiger partial charge on any atom is 0.113 e. The number of aromatic amines is 1. The van der Waals surface area contributed by atoms with Crippen molar-refractivity contribution in [2.75, 3.05) is 20.1 Å². The van der Waals surface area contributed by atoms with Gasteiger partial charge in [-0.25, -0.2) is 0 Å². The van der Waals surface area contributed by atoms with Crippen molar-refractivity contribution in [3.05, 3.63) is 29.8 Å². The van der Waals surface area contributed by atoms with Gasteiger partial charge in [-0.2, -0.15) is 5.10 Å². The molecule has 0 radical (unpaired) electrons. The molecular formula is C14H19N5. The lowest BCUT2D eigenvalue weighted by Gasteiger charge is -2.29. The van der Waals surface area contributed by atoms with Crippen LogP contribution in [0.15, 0.2) is 18.5 Å². The molecule has 2 aromatic rings. The van der Waals surface area contributed by atoms with Crippen LogP contribution in [0.25, 0.3) is 11.4 Å². The minimum absolute atomic E-state index is 0.458. The van der Waals surface area contributed by atoms with Crippen molar-refractivity contribution in [3.8, 4) is 11.4 Å². The van der Waals surface area contributed by atoms with E-state index in [0.717, 1.165) is 29.3 Å². The number of likely N-dealkylation sites (N-methyl/N-ethyl adjacent to an activating group) is 1. The molecule has 3 rings (SSSR count). The van der Waals surface area contributed by atoms with Crippen LogP contribution in [-0.2, 0) is 0 Å². The van der Waals surface area contributed by atoms with E-state index in [1.807, 2.05) is 13.0 Å². The Labute approximate surface area is 113 Å². The van der Waals surface area contributed by atoms with E-state index >= 15 is 0 Å². The van der Waals surface area contributed by atoms with E-state index in [4.69, 9.17) is 0 Å². The zero-order chi connectivity index (χ0) is 13.2. The second kappa shape index (κ2) is 5.09. The van der Waals surface area contributed by atoms with E-state index < -0.39 is 0 Å². The first-order valence-electron chi connectivity index (χ1n) is 6.76. The Morgan fingerprint density at radius 3 is 2.89 bits per heavy atom. The van der Waals surface area contributed by atoms with Crippen LogP contribution in [0.4, 0.5) is 0 Å². The third-order valence-electron chi connectivity index (χ3n) is 3.69. The van der Waals surface area contributed by atoms with Crippen LogP contribution in [0.2, 0.25) is 0 Å². The molecule has 1 aliphatic heterocycles. The molecule has 2 aromatic heterocycles. The summed E-state index contributed by atoms with van der Waals surface area (Å²) in [5, 5.41) is 7.30. The first-order valence-corrected chi connectivity index (χ1v) is 6.76. The molecule has 1 fully saturated rings. The molecule has 3 heterocycles. The molecule has 0 spiro atoms. The fraction of sp³-hybridized carbons (Fsp3) is 0.500. The average Bonchev–Trinajstić information content (AvgIpc) is 2.85. The van der Waals surface area contributed by atoms with Gasteiger partial charge in [0.1, 0.15) is 11.4 Å². The number of hydrogen-bond acceptors (Lipinski definition) is 4. The molecule has 1 aliphatic rings. The van der Waals surface area contributed by atoms with Crippen molar-refractivity contribution in [3.63, 3.8) is 0 Å². The Hall–Kier alpha value is -1.75. The van der Waals surface area contributed by atoms with Crippen LogP contribution >= 0.6 is 0 Å². The number of H-pyrrole nitrogens is 1. The summed E-state index contributed by atoms with van der Waals surface area (Å²) in [4.78, 5) is 11.4. The highest BCUT2D eigenvalue weighted by molar-refractivity contribution is 5.57. The van der Waals surface area contributed by atoms with Crippen molar-refractivity contribution < 1.29 is 0 Å². The molecule has 1 saturated heterocycles. The van der Waals surface area contributed by atoms with Gasteiger partial charge in [0.2, 0.25) is 0 Å². The van der Waals surface area contributed by atoms with Crippen LogP contribution in [0.1, 0.15) is 30.1 Å². The van der Waals surface area contributed by atoms with E-state index in [9.17, 15) is 0 Å². The SMILES string of the molecule is Cc1cc(-c2nccnc2[C@H]2CCCN(C)C2)n[nH]1. The molecule has 0 bridgehead atoms. The number of likely N-dealkylation sites (tertiary alicyclic amines) is 1. The zero-order valence-electron chi connectivity index (χ0n) is 11.4. The summed E-state index contributed by atoms with van der Waals surface area (Å²) in [6.07, 6.45) is 5.93. The van der Waals surface area contributed by atoms with Gasteiger partial charge in [-0.15, -0.1) is 0 Å². The lowest BCUT2D eigenvalue weighted by molar-refractivity contribution is 0.248. The second-order valence-corrected chi connectivity index (χ2v) is 5.33. The molecule has 1 N–H and O–H groups in total.